The molecular formula is C11H18N4O. The van der Waals surface area contributed by atoms with Crippen molar-refractivity contribution in [3.05, 3.63) is 12.7 Å². The molecule has 0 radical (unpaired) electrons. The van der Waals surface area contributed by atoms with Gasteiger partial charge in [0.25, 0.3) is 0 Å². The summed E-state index contributed by atoms with van der Waals surface area (Å²) in [5, 5.41) is 6.96. The van der Waals surface area contributed by atoms with Gasteiger partial charge in [-0.3, -0.25) is 4.79 Å². The maximum absolute atomic E-state index is 11.7. The van der Waals surface area contributed by atoms with E-state index in [1.165, 1.54) is 19.2 Å². The third-order valence-corrected chi connectivity index (χ3v) is 3.15. The van der Waals surface area contributed by atoms with E-state index in [9.17, 15) is 4.79 Å². The van der Waals surface area contributed by atoms with Crippen LogP contribution in [0.25, 0.3) is 0 Å². The summed E-state index contributed by atoms with van der Waals surface area (Å²) in [5.41, 5.74) is 0. The van der Waals surface area contributed by atoms with Crippen LogP contribution in [0.1, 0.15) is 32.6 Å². The van der Waals surface area contributed by atoms with Crippen molar-refractivity contribution in [2.24, 2.45) is 5.92 Å². The van der Waals surface area contributed by atoms with Gasteiger partial charge in [-0.05, 0) is 31.6 Å². The molecule has 16 heavy (non-hydrogen) atoms. The standard InChI is InChI=1S/C11H18N4O/c1-9-2-4-10(5-3-9)14-11(16)6-15-8-12-7-13-15/h7-10H,2-6H2,1H3,(H,14,16). The summed E-state index contributed by atoms with van der Waals surface area (Å²) in [6, 6.07) is 0.354. The van der Waals surface area contributed by atoms with Gasteiger partial charge in [-0.15, -0.1) is 0 Å². The number of hydrogen-bond donors (Lipinski definition) is 1. The molecule has 5 nitrogen and oxygen atoms in total. The molecule has 5 heteroatoms. The lowest BCUT2D eigenvalue weighted by Gasteiger charge is -2.26. The van der Waals surface area contributed by atoms with E-state index in [-0.39, 0.29) is 12.5 Å². The topological polar surface area (TPSA) is 59.8 Å². The Morgan fingerprint density at radius 2 is 2.19 bits per heavy atom. The molecule has 1 fully saturated rings. The number of nitrogens with zero attached hydrogens (tertiary/aromatic N) is 3. The van der Waals surface area contributed by atoms with Crippen LogP contribution in [-0.4, -0.2) is 26.7 Å². The van der Waals surface area contributed by atoms with Crippen molar-refractivity contribution >= 4 is 5.91 Å². The SMILES string of the molecule is CC1CCC(NC(=O)Cn2cncn2)CC1. The van der Waals surface area contributed by atoms with Gasteiger partial charge in [0.1, 0.15) is 19.2 Å². The number of carbonyl (C=O) groups is 1. The Bertz CT molecular complexity index is 328. The molecule has 88 valence electrons. The van der Waals surface area contributed by atoms with Crippen LogP contribution in [0.15, 0.2) is 12.7 Å². The van der Waals surface area contributed by atoms with Crippen LogP contribution in [0.5, 0.6) is 0 Å². The lowest BCUT2D eigenvalue weighted by atomic mass is 9.87. The van der Waals surface area contributed by atoms with Crippen molar-refractivity contribution in [1.29, 1.82) is 0 Å². The van der Waals surface area contributed by atoms with E-state index in [0.29, 0.717) is 6.04 Å². The van der Waals surface area contributed by atoms with Crippen LogP contribution in [-0.2, 0) is 11.3 Å². The van der Waals surface area contributed by atoms with Crippen LogP contribution in [0.2, 0.25) is 0 Å². The van der Waals surface area contributed by atoms with Crippen molar-refractivity contribution in [2.45, 2.75) is 45.2 Å². The minimum Gasteiger partial charge on any atom is -0.352 e. The van der Waals surface area contributed by atoms with E-state index in [0.717, 1.165) is 18.8 Å². The number of amides is 1. The molecular weight excluding hydrogens is 204 g/mol. The molecule has 0 atom stereocenters. The average molecular weight is 222 g/mol. The normalized spacial score (nSPS) is 25.3. The second kappa shape index (κ2) is 5.09. The van der Waals surface area contributed by atoms with Gasteiger partial charge >= 0.3 is 0 Å². The maximum atomic E-state index is 11.7. The second-order valence-electron chi connectivity index (χ2n) is 4.62. The Morgan fingerprint density at radius 3 is 2.81 bits per heavy atom. The van der Waals surface area contributed by atoms with Gasteiger partial charge in [0.05, 0.1) is 0 Å². The zero-order chi connectivity index (χ0) is 11.4. The van der Waals surface area contributed by atoms with Crippen LogP contribution in [0.4, 0.5) is 0 Å². The van der Waals surface area contributed by atoms with E-state index in [1.807, 2.05) is 0 Å². The number of rotatable bonds is 3. The number of carbonyl (C=O) groups excluding carboxylic acids is 1. The molecule has 2 rings (SSSR count). The Kier molecular flexibility index (Phi) is 3.54. The summed E-state index contributed by atoms with van der Waals surface area (Å²) in [5.74, 6) is 0.841. The van der Waals surface area contributed by atoms with Crippen molar-refractivity contribution in [3.63, 3.8) is 0 Å². The molecule has 1 aromatic rings. The lowest BCUT2D eigenvalue weighted by molar-refractivity contribution is -0.122. The fourth-order valence-electron chi connectivity index (χ4n) is 2.14. The third kappa shape index (κ3) is 3.05. The average Bonchev–Trinajstić information content (AvgIpc) is 2.74. The first-order chi connectivity index (χ1) is 7.74. The predicted molar refractivity (Wildman–Crippen MR) is 59.6 cm³/mol. The van der Waals surface area contributed by atoms with Gasteiger partial charge in [0.2, 0.25) is 5.91 Å². The van der Waals surface area contributed by atoms with Gasteiger partial charge < -0.3 is 5.32 Å². The van der Waals surface area contributed by atoms with Crippen LogP contribution < -0.4 is 5.32 Å². The predicted octanol–water partition coefficient (Wildman–Crippen LogP) is 0.973. The fraction of sp³-hybridized carbons (Fsp3) is 0.727. The van der Waals surface area contributed by atoms with Crippen molar-refractivity contribution < 1.29 is 4.79 Å². The summed E-state index contributed by atoms with van der Waals surface area (Å²) in [7, 11) is 0. The van der Waals surface area contributed by atoms with E-state index >= 15 is 0 Å². The minimum atomic E-state index is 0.0325. The molecule has 0 unspecified atom stereocenters. The van der Waals surface area contributed by atoms with Crippen LogP contribution in [0, 0.1) is 5.92 Å². The molecule has 0 saturated heterocycles. The lowest BCUT2D eigenvalue weighted by Crippen LogP contribution is -2.39. The van der Waals surface area contributed by atoms with Crippen molar-refractivity contribution in [1.82, 2.24) is 20.1 Å². The molecule has 1 amide bonds. The molecule has 1 saturated carbocycles. The highest BCUT2D eigenvalue weighted by atomic mass is 16.2. The minimum absolute atomic E-state index is 0.0325. The maximum Gasteiger partial charge on any atom is 0.242 e. The second-order valence-corrected chi connectivity index (χ2v) is 4.62. The fourth-order valence-corrected chi connectivity index (χ4v) is 2.14. The Morgan fingerprint density at radius 1 is 1.44 bits per heavy atom. The monoisotopic (exact) mass is 222 g/mol. The van der Waals surface area contributed by atoms with E-state index in [2.05, 4.69) is 22.3 Å². The van der Waals surface area contributed by atoms with Crippen molar-refractivity contribution in [2.75, 3.05) is 0 Å². The highest BCUT2D eigenvalue weighted by Crippen LogP contribution is 2.23. The van der Waals surface area contributed by atoms with E-state index < -0.39 is 0 Å². The molecule has 0 spiro atoms. The molecule has 1 aromatic heterocycles. The quantitative estimate of drug-likeness (QED) is 0.829. The summed E-state index contributed by atoms with van der Waals surface area (Å²) in [6.45, 7) is 2.54. The van der Waals surface area contributed by atoms with Crippen LogP contribution in [0.3, 0.4) is 0 Å². The highest BCUT2D eigenvalue weighted by molar-refractivity contribution is 5.75. The van der Waals surface area contributed by atoms with E-state index in [4.69, 9.17) is 0 Å². The van der Waals surface area contributed by atoms with Crippen LogP contribution >= 0.6 is 0 Å². The highest BCUT2D eigenvalue weighted by Gasteiger charge is 2.19. The van der Waals surface area contributed by atoms with Gasteiger partial charge in [0, 0.05) is 6.04 Å². The Hall–Kier alpha value is -1.39. The number of nitrogens with one attached hydrogen (secondary N) is 1. The molecule has 0 bridgehead atoms. The molecule has 1 aliphatic carbocycles. The Balaban J connectivity index is 1.75. The van der Waals surface area contributed by atoms with Gasteiger partial charge in [-0.25, -0.2) is 9.67 Å². The Labute approximate surface area is 95.2 Å². The summed E-state index contributed by atoms with van der Waals surface area (Å²) < 4.78 is 1.54. The first kappa shape index (κ1) is 11.1. The number of hydrogen-bond acceptors (Lipinski definition) is 3. The smallest absolute Gasteiger partial charge is 0.242 e. The zero-order valence-electron chi connectivity index (χ0n) is 9.59. The summed E-state index contributed by atoms with van der Waals surface area (Å²) >= 11 is 0. The van der Waals surface area contributed by atoms with Gasteiger partial charge in [-0.2, -0.15) is 5.10 Å². The van der Waals surface area contributed by atoms with E-state index in [1.54, 1.807) is 11.0 Å². The number of aromatic nitrogens is 3. The van der Waals surface area contributed by atoms with Gasteiger partial charge in [-0.1, -0.05) is 6.92 Å². The molecule has 0 aliphatic heterocycles. The largest absolute Gasteiger partial charge is 0.352 e. The molecule has 1 N–H and O–H groups in total. The molecule has 1 heterocycles. The summed E-state index contributed by atoms with van der Waals surface area (Å²) in [6.07, 6.45) is 7.63. The van der Waals surface area contributed by atoms with Gasteiger partial charge in [0.15, 0.2) is 0 Å². The third-order valence-electron chi connectivity index (χ3n) is 3.15. The molecule has 1 aliphatic rings. The first-order valence-corrected chi connectivity index (χ1v) is 5.86. The zero-order valence-corrected chi connectivity index (χ0v) is 9.59. The molecule has 0 aromatic carbocycles. The summed E-state index contributed by atoms with van der Waals surface area (Å²) in [4.78, 5) is 15.5. The first-order valence-electron chi connectivity index (χ1n) is 5.86. The van der Waals surface area contributed by atoms with Crippen molar-refractivity contribution in [3.8, 4) is 0 Å².